The predicted molar refractivity (Wildman–Crippen MR) is 141 cm³/mol. The highest BCUT2D eigenvalue weighted by atomic mass is 16.1. The Balaban J connectivity index is 1.52. The van der Waals surface area contributed by atoms with Crippen LogP contribution in [0.5, 0.6) is 0 Å². The average Bonchev–Trinajstić information content (AvgIpc) is 3.11. The van der Waals surface area contributed by atoms with Gasteiger partial charge in [-0.25, -0.2) is 0 Å². The number of piperidine rings is 1. The Bertz CT molecular complexity index is 1250. The van der Waals surface area contributed by atoms with Gasteiger partial charge in [-0.05, 0) is 69.9 Å². The van der Waals surface area contributed by atoms with E-state index in [0.29, 0.717) is 17.8 Å². The van der Waals surface area contributed by atoms with E-state index in [1.165, 1.54) is 23.6 Å². The van der Waals surface area contributed by atoms with Crippen molar-refractivity contribution in [2.75, 3.05) is 23.3 Å². The molecule has 1 saturated heterocycles. The first-order valence-corrected chi connectivity index (χ1v) is 12.1. The van der Waals surface area contributed by atoms with Crippen molar-refractivity contribution in [1.82, 2.24) is 9.78 Å². The third-order valence-electron chi connectivity index (χ3n) is 6.53. The Morgan fingerprint density at radius 1 is 1.03 bits per heavy atom. The van der Waals surface area contributed by atoms with Crippen molar-refractivity contribution < 1.29 is 9.59 Å². The van der Waals surface area contributed by atoms with Gasteiger partial charge in [0, 0.05) is 36.0 Å². The number of aryl methyl sites for hydroxylation is 2. The summed E-state index contributed by atoms with van der Waals surface area (Å²) in [6, 6.07) is 13.6. The first-order valence-electron chi connectivity index (χ1n) is 12.1. The number of primary amides is 1. The highest BCUT2D eigenvalue weighted by Gasteiger charge is 2.17. The summed E-state index contributed by atoms with van der Waals surface area (Å²) in [4.78, 5) is 26.9. The van der Waals surface area contributed by atoms with Crippen molar-refractivity contribution in [2.45, 2.75) is 46.6 Å². The van der Waals surface area contributed by atoms with Crippen LogP contribution >= 0.6 is 0 Å². The molecule has 182 valence electrons. The minimum Gasteiger partial charge on any atom is -0.370 e. The molecule has 3 N–H and O–H groups in total. The van der Waals surface area contributed by atoms with Crippen LogP contribution < -0.4 is 16.0 Å². The summed E-state index contributed by atoms with van der Waals surface area (Å²) < 4.78 is 1.96. The molecule has 0 aliphatic carbocycles. The molecule has 0 atom stereocenters. The number of hydrogen-bond donors (Lipinski definition) is 2. The quantitative estimate of drug-likeness (QED) is 0.493. The maximum absolute atomic E-state index is 12.9. The van der Waals surface area contributed by atoms with Gasteiger partial charge >= 0.3 is 0 Å². The molecular formula is C28H33N5O2. The number of carbonyl (C=O) groups excluding carboxylic acids is 2. The molecule has 2 amide bonds. The van der Waals surface area contributed by atoms with Gasteiger partial charge in [0.05, 0.1) is 23.6 Å². The third-order valence-corrected chi connectivity index (χ3v) is 6.53. The van der Waals surface area contributed by atoms with Crippen LogP contribution in [0.3, 0.4) is 0 Å². The minimum atomic E-state index is -0.520. The Hall–Kier alpha value is -3.87. The summed E-state index contributed by atoms with van der Waals surface area (Å²) >= 11 is 0. The zero-order valence-electron chi connectivity index (χ0n) is 20.7. The molecule has 0 radical (unpaired) electrons. The van der Waals surface area contributed by atoms with Gasteiger partial charge in [0.1, 0.15) is 0 Å². The number of benzene rings is 2. The predicted octanol–water partition coefficient (Wildman–Crippen LogP) is 4.60. The lowest BCUT2D eigenvalue weighted by molar-refractivity contribution is -0.111. The van der Waals surface area contributed by atoms with Crippen LogP contribution in [0, 0.1) is 20.8 Å². The first-order chi connectivity index (χ1) is 16.8. The van der Waals surface area contributed by atoms with E-state index >= 15 is 0 Å². The number of hydrogen-bond acceptors (Lipinski definition) is 4. The molecule has 1 aliphatic heterocycles. The maximum atomic E-state index is 12.9. The number of amides is 2. The average molecular weight is 472 g/mol. The number of nitrogens with one attached hydrogen (secondary N) is 1. The van der Waals surface area contributed by atoms with E-state index in [2.05, 4.69) is 46.5 Å². The standard InChI is InChI=1S/C28H33N5O2/c1-19-7-9-22(10-8-19)18-33-21(3)24(20(2)31-33)12-14-27(34)30-25-17-23(28(29)35)11-13-26(25)32-15-5-4-6-16-32/h7-14,17H,4-6,15-16,18H2,1-3H3,(H2,29,35)(H,30,34)/b14-12+. The Labute approximate surface area is 206 Å². The van der Waals surface area contributed by atoms with Crippen molar-refractivity contribution in [2.24, 2.45) is 5.73 Å². The molecule has 1 fully saturated rings. The molecule has 3 aromatic rings. The molecule has 1 aromatic heterocycles. The molecule has 7 heteroatoms. The molecule has 0 bridgehead atoms. The van der Waals surface area contributed by atoms with Crippen LogP contribution in [0.25, 0.3) is 6.08 Å². The number of anilines is 2. The summed E-state index contributed by atoms with van der Waals surface area (Å²) in [6.07, 6.45) is 6.74. The molecule has 4 rings (SSSR count). The fourth-order valence-corrected chi connectivity index (χ4v) is 4.51. The van der Waals surface area contributed by atoms with Crippen LogP contribution in [0.15, 0.2) is 48.5 Å². The van der Waals surface area contributed by atoms with Crippen molar-refractivity contribution in [3.05, 3.63) is 82.2 Å². The first kappa shape index (κ1) is 24.3. The van der Waals surface area contributed by atoms with Crippen molar-refractivity contribution in [3.63, 3.8) is 0 Å². The summed E-state index contributed by atoms with van der Waals surface area (Å²) in [6.45, 7) is 8.55. The number of nitrogens with two attached hydrogens (primary N) is 1. The number of rotatable bonds is 7. The van der Waals surface area contributed by atoms with Gasteiger partial charge in [-0.1, -0.05) is 29.8 Å². The minimum absolute atomic E-state index is 0.269. The smallest absolute Gasteiger partial charge is 0.248 e. The van der Waals surface area contributed by atoms with E-state index < -0.39 is 5.91 Å². The summed E-state index contributed by atoms with van der Waals surface area (Å²) in [5.41, 5.74) is 12.6. The fourth-order valence-electron chi connectivity index (χ4n) is 4.51. The Kier molecular flexibility index (Phi) is 7.34. The number of nitrogens with zero attached hydrogens (tertiary/aromatic N) is 3. The highest BCUT2D eigenvalue weighted by Crippen LogP contribution is 2.30. The summed E-state index contributed by atoms with van der Waals surface area (Å²) in [5, 5.41) is 7.63. The number of aromatic nitrogens is 2. The maximum Gasteiger partial charge on any atom is 0.248 e. The van der Waals surface area contributed by atoms with Gasteiger partial charge in [0.2, 0.25) is 11.8 Å². The Morgan fingerprint density at radius 3 is 2.43 bits per heavy atom. The van der Waals surface area contributed by atoms with Gasteiger partial charge in [-0.2, -0.15) is 5.10 Å². The van der Waals surface area contributed by atoms with Gasteiger partial charge in [0.25, 0.3) is 0 Å². The molecule has 0 unspecified atom stereocenters. The van der Waals surface area contributed by atoms with E-state index in [1.54, 1.807) is 18.2 Å². The zero-order valence-corrected chi connectivity index (χ0v) is 20.7. The lowest BCUT2D eigenvalue weighted by Crippen LogP contribution is -2.30. The van der Waals surface area contributed by atoms with Gasteiger partial charge in [-0.3, -0.25) is 14.3 Å². The molecule has 2 heterocycles. The van der Waals surface area contributed by atoms with Crippen LogP contribution in [-0.2, 0) is 11.3 Å². The van der Waals surface area contributed by atoms with Crippen molar-refractivity contribution in [3.8, 4) is 0 Å². The summed E-state index contributed by atoms with van der Waals surface area (Å²) in [7, 11) is 0. The fraction of sp³-hybridized carbons (Fsp3) is 0.321. The number of carbonyl (C=O) groups is 2. The lowest BCUT2D eigenvalue weighted by Gasteiger charge is -2.30. The summed E-state index contributed by atoms with van der Waals surface area (Å²) in [5.74, 6) is -0.788. The van der Waals surface area contributed by atoms with Crippen molar-refractivity contribution >= 4 is 29.3 Å². The highest BCUT2D eigenvalue weighted by molar-refractivity contribution is 6.05. The SMILES string of the molecule is Cc1ccc(Cn2nc(C)c(/C=C/C(=O)Nc3cc(C(N)=O)ccc3N3CCCCC3)c2C)cc1. The van der Waals surface area contributed by atoms with Gasteiger partial charge < -0.3 is 16.0 Å². The molecule has 35 heavy (non-hydrogen) atoms. The van der Waals surface area contributed by atoms with Crippen LogP contribution in [0.4, 0.5) is 11.4 Å². The van der Waals surface area contributed by atoms with Crippen molar-refractivity contribution in [1.29, 1.82) is 0 Å². The van der Waals surface area contributed by atoms with Gasteiger partial charge in [-0.15, -0.1) is 0 Å². The molecule has 2 aromatic carbocycles. The second-order valence-electron chi connectivity index (χ2n) is 9.19. The third kappa shape index (κ3) is 5.80. The van der Waals surface area contributed by atoms with Crippen LogP contribution in [0.2, 0.25) is 0 Å². The van der Waals surface area contributed by atoms with E-state index in [9.17, 15) is 9.59 Å². The van der Waals surface area contributed by atoms with Gasteiger partial charge in [0.15, 0.2) is 0 Å². The molecule has 0 spiro atoms. The van der Waals surface area contributed by atoms with E-state index in [1.807, 2.05) is 24.6 Å². The second-order valence-corrected chi connectivity index (χ2v) is 9.19. The van der Waals surface area contributed by atoms with E-state index in [0.717, 1.165) is 48.6 Å². The molecular weight excluding hydrogens is 438 g/mol. The monoisotopic (exact) mass is 471 g/mol. The molecule has 7 nitrogen and oxygen atoms in total. The van der Waals surface area contributed by atoms with Crippen LogP contribution in [0.1, 0.15) is 57.7 Å². The normalized spacial score (nSPS) is 13.9. The van der Waals surface area contributed by atoms with E-state index in [-0.39, 0.29) is 5.91 Å². The molecule has 0 saturated carbocycles. The molecule has 1 aliphatic rings. The van der Waals surface area contributed by atoms with Crippen LogP contribution in [-0.4, -0.2) is 34.7 Å². The topological polar surface area (TPSA) is 93.2 Å². The largest absolute Gasteiger partial charge is 0.370 e. The lowest BCUT2D eigenvalue weighted by atomic mass is 10.1. The zero-order chi connectivity index (χ0) is 24.9. The second kappa shape index (κ2) is 10.6. The Morgan fingerprint density at radius 2 is 1.74 bits per heavy atom. The van der Waals surface area contributed by atoms with E-state index in [4.69, 9.17) is 5.73 Å².